The molecule has 2 heterocycles. The van der Waals surface area contributed by atoms with Crippen LogP contribution in [0.2, 0.25) is 0 Å². The van der Waals surface area contributed by atoms with Crippen LogP contribution in [0.5, 0.6) is 0 Å². The smallest absolute Gasteiger partial charge is 0.251 e. The Morgan fingerprint density at radius 2 is 2.06 bits per heavy atom. The van der Waals surface area contributed by atoms with Crippen molar-refractivity contribution in [2.75, 3.05) is 0 Å². The zero-order valence-electron chi connectivity index (χ0n) is 10.4. The fourth-order valence-corrected chi connectivity index (χ4v) is 1.66. The molecule has 2 aromatic heterocycles. The van der Waals surface area contributed by atoms with Gasteiger partial charge < -0.3 is 4.57 Å². The Hall–Kier alpha value is -1.84. The summed E-state index contributed by atoms with van der Waals surface area (Å²) < 4.78 is 3.56. The van der Waals surface area contributed by atoms with Crippen LogP contribution >= 0.6 is 0 Å². The van der Waals surface area contributed by atoms with Crippen LogP contribution in [0, 0.1) is 6.92 Å². The molecule has 0 radical (unpaired) electrons. The summed E-state index contributed by atoms with van der Waals surface area (Å²) in [5.41, 5.74) is 1.91. The molecule has 0 fully saturated rings. The molecule has 0 N–H and O–H groups in total. The van der Waals surface area contributed by atoms with Crippen molar-refractivity contribution in [1.82, 2.24) is 14.3 Å². The highest BCUT2D eigenvalue weighted by molar-refractivity contribution is 5.10. The molecule has 0 aromatic carbocycles. The van der Waals surface area contributed by atoms with Crippen LogP contribution in [-0.4, -0.2) is 14.3 Å². The lowest BCUT2D eigenvalue weighted by Crippen LogP contribution is -2.19. The van der Waals surface area contributed by atoms with Crippen molar-refractivity contribution in [1.29, 1.82) is 0 Å². The molecule has 0 bridgehead atoms. The third kappa shape index (κ3) is 2.64. The Kier molecular flexibility index (Phi) is 3.13. The number of pyridine rings is 1. The first-order valence-electron chi connectivity index (χ1n) is 5.77. The Balaban J connectivity index is 2.22. The summed E-state index contributed by atoms with van der Waals surface area (Å²) in [5.74, 6) is 0. The normalized spacial score (nSPS) is 11.1. The average Bonchev–Trinajstić information content (AvgIpc) is 2.71. The third-order valence-electron chi connectivity index (χ3n) is 2.68. The van der Waals surface area contributed by atoms with Gasteiger partial charge in [-0.2, -0.15) is 5.10 Å². The van der Waals surface area contributed by atoms with Crippen molar-refractivity contribution < 1.29 is 0 Å². The van der Waals surface area contributed by atoms with Crippen LogP contribution in [0.3, 0.4) is 0 Å². The van der Waals surface area contributed by atoms with E-state index in [1.165, 1.54) is 0 Å². The highest BCUT2D eigenvalue weighted by atomic mass is 16.1. The van der Waals surface area contributed by atoms with Gasteiger partial charge in [0, 0.05) is 24.5 Å². The molecule has 4 heteroatoms. The van der Waals surface area contributed by atoms with E-state index < -0.39 is 0 Å². The fourth-order valence-electron chi connectivity index (χ4n) is 1.66. The Morgan fingerprint density at radius 1 is 1.29 bits per heavy atom. The molecule has 4 nitrogen and oxygen atoms in total. The molecule has 0 aliphatic heterocycles. The van der Waals surface area contributed by atoms with E-state index in [1.54, 1.807) is 10.6 Å². The van der Waals surface area contributed by atoms with E-state index >= 15 is 0 Å². The molecule has 0 saturated heterocycles. The summed E-state index contributed by atoms with van der Waals surface area (Å²) in [7, 11) is 0. The predicted octanol–water partition coefficient (Wildman–Crippen LogP) is 1.98. The van der Waals surface area contributed by atoms with Crippen molar-refractivity contribution in [3.8, 4) is 0 Å². The molecule has 90 valence electrons. The van der Waals surface area contributed by atoms with E-state index in [0.29, 0.717) is 12.6 Å². The van der Waals surface area contributed by atoms with Crippen molar-refractivity contribution in [3.05, 3.63) is 52.2 Å². The maximum absolute atomic E-state index is 11.7. The first kappa shape index (κ1) is 11.6. The third-order valence-corrected chi connectivity index (χ3v) is 2.68. The zero-order chi connectivity index (χ0) is 12.4. The summed E-state index contributed by atoms with van der Waals surface area (Å²) in [6.45, 7) is 6.60. The van der Waals surface area contributed by atoms with Gasteiger partial charge in [0.25, 0.3) is 5.56 Å². The van der Waals surface area contributed by atoms with Crippen LogP contribution < -0.4 is 5.56 Å². The second-order valence-electron chi connectivity index (χ2n) is 4.55. The number of hydrogen-bond donors (Lipinski definition) is 0. The van der Waals surface area contributed by atoms with Gasteiger partial charge in [-0.1, -0.05) is 0 Å². The molecule has 0 unspecified atom stereocenters. The number of nitrogens with zero attached hydrogens (tertiary/aromatic N) is 3. The highest BCUT2D eigenvalue weighted by Gasteiger charge is 2.03. The highest BCUT2D eigenvalue weighted by Crippen LogP contribution is 2.05. The maximum Gasteiger partial charge on any atom is 0.251 e. The lowest BCUT2D eigenvalue weighted by Gasteiger charge is -2.05. The van der Waals surface area contributed by atoms with E-state index in [9.17, 15) is 4.79 Å². The summed E-state index contributed by atoms with van der Waals surface area (Å²) in [6.07, 6.45) is 3.76. The van der Waals surface area contributed by atoms with Crippen LogP contribution in [-0.2, 0) is 6.54 Å². The van der Waals surface area contributed by atoms with E-state index in [-0.39, 0.29) is 5.56 Å². The van der Waals surface area contributed by atoms with Gasteiger partial charge in [-0.05, 0) is 38.5 Å². The van der Waals surface area contributed by atoms with Gasteiger partial charge in [-0.15, -0.1) is 0 Å². The number of rotatable bonds is 3. The second-order valence-corrected chi connectivity index (χ2v) is 4.55. The fraction of sp³-hybridized carbons (Fsp3) is 0.385. The van der Waals surface area contributed by atoms with Crippen LogP contribution in [0.15, 0.2) is 35.4 Å². The van der Waals surface area contributed by atoms with E-state index in [4.69, 9.17) is 0 Å². The van der Waals surface area contributed by atoms with Crippen molar-refractivity contribution in [2.24, 2.45) is 0 Å². The first-order valence-corrected chi connectivity index (χ1v) is 5.77. The maximum atomic E-state index is 11.7. The molecule has 17 heavy (non-hydrogen) atoms. The molecule has 2 aromatic rings. The average molecular weight is 231 g/mol. The minimum atomic E-state index is 0.0177. The van der Waals surface area contributed by atoms with Gasteiger partial charge in [0.15, 0.2) is 0 Å². The lowest BCUT2D eigenvalue weighted by atomic mass is 10.3. The van der Waals surface area contributed by atoms with Gasteiger partial charge in [0.05, 0.1) is 12.2 Å². The zero-order valence-corrected chi connectivity index (χ0v) is 10.4. The van der Waals surface area contributed by atoms with Crippen molar-refractivity contribution in [3.63, 3.8) is 0 Å². The summed E-state index contributed by atoms with van der Waals surface area (Å²) in [5, 5.41) is 4.43. The quantitative estimate of drug-likeness (QED) is 0.810. The van der Waals surface area contributed by atoms with Gasteiger partial charge in [-0.25, -0.2) is 0 Å². The molecule has 2 rings (SSSR count). The van der Waals surface area contributed by atoms with Gasteiger partial charge in [0.1, 0.15) is 0 Å². The van der Waals surface area contributed by atoms with Crippen molar-refractivity contribution in [2.45, 2.75) is 33.4 Å². The molecule has 0 atom stereocenters. The number of aromatic nitrogens is 3. The Bertz CT molecular complexity index is 566. The predicted molar refractivity (Wildman–Crippen MR) is 67.2 cm³/mol. The van der Waals surface area contributed by atoms with Crippen molar-refractivity contribution >= 4 is 0 Å². The van der Waals surface area contributed by atoms with E-state index in [0.717, 1.165) is 11.3 Å². The minimum absolute atomic E-state index is 0.0177. The monoisotopic (exact) mass is 231 g/mol. The van der Waals surface area contributed by atoms with Crippen LogP contribution in [0.1, 0.15) is 31.1 Å². The first-order chi connectivity index (χ1) is 8.06. The molecule has 0 spiro atoms. The topological polar surface area (TPSA) is 39.8 Å². The van der Waals surface area contributed by atoms with E-state index in [2.05, 4.69) is 18.9 Å². The molecular weight excluding hydrogens is 214 g/mol. The molecule has 0 saturated carbocycles. The molecule has 0 aliphatic carbocycles. The van der Waals surface area contributed by atoms with Gasteiger partial charge in [-0.3, -0.25) is 9.48 Å². The Labute approximate surface area is 101 Å². The summed E-state index contributed by atoms with van der Waals surface area (Å²) in [4.78, 5) is 11.7. The Morgan fingerprint density at radius 3 is 2.65 bits per heavy atom. The second kappa shape index (κ2) is 4.57. The summed E-state index contributed by atoms with van der Waals surface area (Å²) >= 11 is 0. The van der Waals surface area contributed by atoms with Crippen LogP contribution in [0.25, 0.3) is 0 Å². The SMILES string of the molecule is Cc1ccn(Cc2ccn(C(C)C)n2)c(=O)c1. The number of aryl methyl sites for hydroxylation is 1. The lowest BCUT2D eigenvalue weighted by molar-refractivity contribution is 0.523. The minimum Gasteiger partial charge on any atom is -0.309 e. The summed E-state index contributed by atoms with van der Waals surface area (Å²) in [6, 6.07) is 5.87. The molecular formula is C13H17N3O. The van der Waals surface area contributed by atoms with Crippen LogP contribution in [0.4, 0.5) is 0 Å². The van der Waals surface area contributed by atoms with E-state index in [1.807, 2.05) is 36.1 Å². The van der Waals surface area contributed by atoms with Gasteiger partial charge in [0.2, 0.25) is 0 Å². The molecule has 0 aliphatic rings. The molecule has 0 amide bonds. The largest absolute Gasteiger partial charge is 0.309 e. The van der Waals surface area contributed by atoms with Gasteiger partial charge >= 0.3 is 0 Å². The standard InChI is InChI=1S/C13H17N3O/c1-10(2)16-7-5-12(14-16)9-15-6-4-11(3)8-13(15)17/h4-8,10H,9H2,1-3H3. The number of hydrogen-bond acceptors (Lipinski definition) is 2.